The highest BCUT2D eigenvalue weighted by Gasteiger charge is 2.40. The fraction of sp³-hybridized carbons (Fsp3) is 0.375. The average Bonchev–Trinajstić information content (AvgIpc) is 3.24. The molecule has 180 valence electrons. The molecule has 2 N–H and O–H groups in total. The first-order chi connectivity index (χ1) is 16.4. The van der Waals surface area contributed by atoms with Crippen molar-refractivity contribution in [3.63, 3.8) is 0 Å². The van der Waals surface area contributed by atoms with Crippen LogP contribution in [0.5, 0.6) is 11.5 Å². The number of β-amino-alcohol motifs (C(OH)–C–C–N with tert-alkyl or cyclic N) is 1. The number of aliphatic hydroxyl groups is 1. The molecule has 1 fully saturated rings. The van der Waals surface area contributed by atoms with Crippen molar-refractivity contribution in [1.29, 1.82) is 0 Å². The maximum Gasteiger partial charge on any atom is 0.329 e. The Balaban J connectivity index is 1.25. The minimum Gasteiger partial charge on any atom is -0.486 e. The molecule has 2 aliphatic heterocycles. The van der Waals surface area contributed by atoms with Gasteiger partial charge in [0.2, 0.25) is 5.91 Å². The molecule has 0 saturated carbocycles. The third kappa shape index (κ3) is 5.63. The first-order valence-electron chi connectivity index (χ1n) is 10.9. The van der Waals surface area contributed by atoms with Gasteiger partial charge in [-0.1, -0.05) is 30.3 Å². The van der Waals surface area contributed by atoms with Gasteiger partial charge in [-0.3, -0.25) is 9.59 Å². The molecule has 2 aromatic carbocycles. The summed E-state index contributed by atoms with van der Waals surface area (Å²) < 4.78 is 30.3. The predicted molar refractivity (Wildman–Crippen MR) is 117 cm³/mol. The van der Waals surface area contributed by atoms with Crippen LogP contribution >= 0.6 is 0 Å². The molecule has 34 heavy (non-hydrogen) atoms. The summed E-state index contributed by atoms with van der Waals surface area (Å²) in [5.74, 6) is -1.17. The van der Waals surface area contributed by atoms with E-state index in [1.54, 1.807) is 18.2 Å². The second-order valence-corrected chi connectivity index (χ2v) is 8.13. The second-order valence-electron chi connectivity index (χ2n) is 8.13. The lowest BCUT2D eigenvalue weighted by Gasteiger charge is -2.26. The van der Waals surface area contributed by atoms with Gasteiger partial charge in [-0.25, -0.2) is 9.18 Å². The summed E-state index contributed by atoms with van der Waals surface area (Å²) >= 11 is 0. The van der Waals surface area contributed by atoms with E-state index in [1.165, 1.54) is 23.1 Å². The van der Waals surface area contributed by atoms with Crippen LogP contribution in [0.2, 0.25) is 0 Å². The Morgan fingerprint density at radius 3 is 2.65 bits per heavy atom. The SMILES string of the molecule is O=C(COC(=O)C1CC(O)CN1C(=O)Cc1ccccc1F)NCC1COc2ccccc2O1. The van der Waals surface area contributed by atoms with E-state index in [9.17, 15) is 23.9 Å². The van der Waals surface area contributed by atoms with Gasteiger partial charge in [0.1, 0.15) is 24.6 Å². The maximum atomic E-state index is 13.9. The summed E-state index contributed by atoms with van der Waals surface area (Å²) in [6.07, 6.45) is -1.58. The molecule has 2 heterocycles. The molecule has 3 atom stereocenters. The molecule has 0 bridgehead atoms. The van der Waals surface area contributed by atoms with Crippen LogP contribution in [-0.2, 0) is 25.5 Å². The number of halogens is 1. The predicted octanol–water partition coefficient (Wildman–Crippen LogP) is 0.829. The van der Waals surface area contributed by atoms with E-state index in [1.807, 2.05) is 12.1 Å². The summed E-state index contributed by atoms with van der Waals surface area (Å²) in [5, 5.41) is 12.6. The van der Waals surface area contributed by atoms with E-state index in [2.05, 4.69) is 5.32 Å². The number of carbonyl (C=O) groups is 3. The van der Waals surface area contributed by atoms with Crippen LogP contribution in [0.15, 0.2) is 48.5 Å². The van der Waals surface area contributed by atoms with Gasteiger partial charge in [-0.2, -0.15) is 0 Å². The molecule has 0 aromatic heterocycles. The highest BCUT2D eigenvalue weighted by atomic mass is 19.1. The number of nitrogens with zero attached hydrogens (tertiary/aromatic N) is 1. The van der Waals surface area contributed by atoms with Crippen molar-refractivity contribution >= 4 is 17.8 Å². The standard InChI is InChI=1S/C24H25FN2O7/c25-18-6-2-1-5-15(18)9-23(30)27-12-16(28)10-19(27)24(31)33-14-22(29)26-11-17-13-32-20-7-3-4-8-21(20)34-17/h1-8,16-17,19,28H,9-14H2,(H,26,29). The molecule has 10 heteroatoms. The summed E-state index contributed by atoms with van der Waals surface area (Å²) in [5.41, 5.74) is 0.192. The van der Waals surface area contributed by atoms with Crippen LogP contribution in [-0.4, -0.2) is 72.3 Å². The second kappa shape index (κ2) is 10.5. The van der Waals surface area contributed by atoms with Gasteiger partial charge in [0, 0.05) is 13.0 Å². The fourth-order valence-electron chi connectivity index (χ4n) is 3.89. The van der Waals surface area contributed by atoms with Gasteiger partial charge in [0.25, 0.3) is 5.91 Å². The van der Waals surface area contributed by atoms with Gasteiger partial charge in [0.05, 0.1) is 19.1 Å². The third-order valence-electron chi connectivity index (χ3n) is 5.61. The van der Waals surface area contributed by atoms with Crippen molar-refractivity contribution in [2.45, 2.75) is 31.1 Å². The van der Waals surface area contributed by atoms with Gasteiger partial charge in [-0.15, -0.1) is 0 Å². The quantitative estimate of drug-likeness (QED) is 0.574. The lowest BCUT2D eigenvalue weighted by Crippen LogP contribution is -2.44. The van der Waals surface area contributed by atoms with Crippen LogP contribution < -0.4 is 14.8 Å². The number of benzene rings is 2. The maximum absolute atomic E-state index is 13.9. The number of hydrogen-bond donors (Lipinski definition) is 2. The molecule has 4 rings (SSSR count). The van der Waals surface area contributed by atoms with Crippen molar-refractivity contribution in [3.05, 3.63) is 59.9 Å². The Kier molecular flexibility index (Phi) is 7.27. The zero-order valence-corrected chi connectivity index (χ0v) is 18.3. The number of rotatable bonds is 7. The van der Waals surface area contributed by atoms with E-state index in [0.29, 0.717) is 11.5 Å². The molecule has 0 spiro atoms. The number of likely N-dealkylation sites (tertiary alicyclic amines) is 1. The zero-order valence-electron chi connectivity index (χ0n) is 18.3. The summed E-state index contributed by atoms with van der Waals surface area (Å²) in [6.45, 7) is -0.207. The van der Waals surface area contributed by atoms with Crippen LogP contribution in [0.25, 0.3) is 0 Å². The molecular formula is C24H25FN2O7. The van der Waals surface area contributed by atoms with E-state index in [4.69, 9.17) is 14.2 Å². The fourth-order valence-corrected chi connectivity index (χ4v) is 3.89. The summed E-state index contributed by atoms with van der Waals surface area (Å²) in [4.78, 5) is 38.5. The van der Waals surface area contributed by atoms with Crippen molar-refractivity contribution in [3.8, 4) is 11.5 Å². The first kappa shape index (κ1) is 23.5. The van der Waals surface area contributed by atoms with Crippen LogP contribution in [0.3, 0.4) is 0 Å². The Morgan fingerprint density at radius 1 is 1.12 bits per heavy atom. The summed E-state index contributed by atoms with van der Waals surface area (Å²) in [6, 6.07) is 12.0. The number of esters is 1. The minimum absolute atomic E-state index is 0.0177. The minimum atomic E-state index is -1.05. The average molecular weight is 472 g/mol. The topological polar surface area (TPSA) is 114 Å². The Labute approximate surface area is 195 Å². The molecular weight excluding hydrogens is 447 g/mol. The van der Waals surface area contributed by atoms with Crippen LogP contribution in [0.4, 0.5) is 4.39 Å². The van der Waals surface area contributed by atoms with Gasteiger partial charge < -0.3 is 29.5 Å². The first-order valence-corrected chi connectivity index (χ1v) is 10.9. The van der Waals surface area contributed by atoms with E-state index in [0.717, 1.165) is 0 Å². The molecule has 2 amide bonds. The van der Waals surface area contributed by atoms with Crippen molar-refractivity contribution in [1.82, 2.24) is 10.2 Å². The number of aliphatic hydroxyl groups excluding tert-OH is 1. The number of hydrogen-bond acceptors (Lipinski definition) is 7. The Hall–Kier alpha value is -3.66. The Morgan fingerprint density at radius 2 is 1.85 bits per heavy atom. The normalized spacial score (nSPS) is 21.1. The summed E-state index contributed by atoms with van der Waals surface area (Å²) in [7, 11) is 0. The van der Waals surface area contributed by atoms with Gasteiger partial charge in [-0.05, 0) is 23.8 Å². The van der Waals surface area contributed by atoms with Crippen LogP contribution in [0, 0.1) is 5.82 Å². The zero-order chi connectivity index (χ0) is 24.1. The van der Waals surface area contributed by atoms with Crippen molar-refractivity contribution in [2.75, 3.05) is 26.3 Å². The number of amides is 2. The highest BCUT2D eigenvalue weighted by Crippen LogP contribution is 2.30. The van der Waals surface area contributed by atoms with Gasteiger partial charge >= 0.3 is 5.97 Å². The van der Waals surface area contributed by atoms with Gasteiger partial charge in [0.15, 0.2) is 18.1 Å². The molecule has 0 aliphatic carbocycles. The largest absolute Gasteiger partial charge is 0.486 e. The lowest BCUT2D eigenvalue weighted by atomic mass is 10.1. The molecule has 1 saturated heterocycles. The monoisotopic (exact) mass is 472 g/mol. The number of fused-ring (bicyclic) bond motifs is 1. The molecule has 2 aromatic rings. The molecule has 0 radical (unpaired) electrons. The van der Waals surface area contributed by atoms with E-state index >= 15 is 0 Å². The van der Waals surface area contributed by atoms with Crippen LogP contribution in [0.1, 0.15) is 12.0 Å². The number of carbonyl (C=O) groups excluding carboxylic acids is 3. The third-order valence-corrected chi connectivity index (χ3v) is 5.61. The highest BCUT2D eigenvalue weighted by molar-refractivity contribution is 5.88. The molecule has 9 nitrogen and oxygen atoms in total. The molecule has 3 unspecified atom stereocenters. The van der Waals surface area contributed by atoms with Crippen molar-refractivity contribution in [2.24, 2.45) is 0 Å². The number of para-hydroxylation sites is 2. The van der Waals surface area contributed by atoms with E-state index < -0.39 is 48.5 Å². The number of ether oxygens (including phenoxy) is 3. The smallest absolute Gasteiger partial charge is 0.329 e. The van der Waals surface area contributed by atoms with Crippen molar-refractivity contribution < 1.29 is 38.1 Å². The number of nitrogens with one attached hydrogen (secondary N) is 1. The van der Waals surface area contributed by atoms with E-state index in [-0.39, 0.29) is 38.1 Å². The molecule has 2 aliphatic rings. The Bertz CT molecular complexity index is 1060. The lowest BCUT2D eigenvalue weighted by molar-refractivity contribution is -0.156.